The van der Waals surface area contributed by atoms with E-state index in [2.05, 4.69) is 20.3 Å². The first-order valence-electron chi connectivity index (χ1n) is 19.8. The summed E-state index contributed by atoms with van der Waals surface area (Å²) in [5.74, 6) is 0.882. The Balaban J connectivity index is 1.16. The summed E-state index contributed by atoms with van der Waals surface area (Å²) in [6, 6.07) is 13.1. The van der Waals surface area contributed by atoms with Gasteiger partial charge in [-0.05, 0) is 81.2 Å². The fourth-order valence-electron chi connectivity index (χ4n) is 8.18. The van der Waals surface area contributed by atoms with Gasteiger partial charge in [0, 0.05) is 42.6 Å². The molecular formula is C43H51F2N7O7. The molecule has 2 aromatic heterocycles. The van der Waals surface area contributed by atoms with Crippen molar-refractivity contribution in [3.8, 4) is 28.1 Å². The normalized spacial score (nSPS) is 18.9. The number of amides is 3. The van der Waals surface area contributed by atoms with Crippen molar-refractivity contribution in [2.24, 2.45) is 11.8 Å². The third-order valence-corrected chi connectivity index (χ3v) is 10.9. The van der Waals surface area contributed by atoms with Gasteiger partial charge in [-0.1, -0.05) is 38.1 Å². The molecule has 4 atom stereocenters. The third-order valence-electron chi connectivity index (χ3n) is 10.9. The zero-order valence-electron chi connectivity index (χ0n) is 34.3. The number of ether oxygens (including phenoxy) is 4. The van der Waals surface area contributed by atoms with Crippen LogP contribution < -0.4 is 10.1 Å². The van der Waals surface area contributed by atoms with Crippen LogP contribution in [0, 0.1) is 11.8 Å². The minimum absolute atomic E-state index is 0.0154. The van der Waals surface area contributed by atoms with Crippen LogP contribution in [-0.2, 0) is 19.0 Å². The van der Waals surface area contributed by atoms with Crippen molar-refractivity contribution < 1.29 is 42.1 Å². The van der Waals surface area contributed by atoms with Gasteiger partial charge in [-0.25, -0.2) is 19.6 Å². The van der Waals surface area contributed by atoms with Crippen molar-refractivity contribution in [3.05, 3.63) is 66.4 Å². The number of imidazole rings is 2. The van der Waals surface area contributed by atoms with Crippen LogP contribution in [0.4, 0.5) is 18.4 Å². The van der Waals surface area contributed by atoms with Crippen molar-refractivity contribution >= 4 is 39.9 Å². The number of carbonyl (C=O) groups is 3. The monoisotopic (exact) mass is 815 g/mol. The topological polar surface area (TPSA) is 164 Å². The maximum Gasteiger partial charge on any atom is 0.410 e. The first-order valence-corrected chi connectivity index (χ1v) is 19.8. The van der Waals surface area contributed by atoms with E-state index < -0.39 is 30.4 Å². The number of nitrogens with one attached hydrogen (secondary N) is 3. The summed E-state index contributed by atoms with van der Waals surface area (Å²) in [5.41, 5.74) is 3.13. The number of rotatable bonds is 11. The van der Waals surface area contributed by atoms with E-state index in [1.54, 1.807) is 41.3 Å². The summed E-state index contributed by atoms with van der Waals surface area (Å²) in [6.45, 7) is 7.61. The molecule has 14 nitrogen and oxygen atoms in total. The number of halogens is 2. The number of aromatic nitrogens is 4. The number of nitrogens with zero attached hydrogens (tertiary/aromatic N) is 4. The Morgan fingerprint density at radius 3 is 2.46 bits per heavy atom. The van der Waals surface area contributed by atoms with Gasteiger partial charge in [0.05, 0.1) is 48.7 Å². The summed E-state index contributed by atoms with van der Waals surface area (Å²) in [5, 5.41) is 4.37. The molecule has 16 heteroatoms. The molecule has 3 N–H and O–H groups in total. The predicted octanol–water partition coefficient (Wildman–Crippen LogP) is 8.36. The Bertz CT molecular complexity index is 2340. The van der Waals surface area contributed by atoms with Crippen molar-refractivity contribution in [2.75, 3.05) is 33.9 Å². The fourth-order valence-corrected chi connectivity index (χ4v) is 8.18. The summed E-state index contributed by atoms with van der Waals surface area (Å²) in [4.78, 5) is 58.6. The van der Waals surface area contributed by atoms with E-state index in [1.807, 2.05) is 65.0 Å². The lowest BCUT2D eigenvalue weighted by Gasteiger charge is -2.30. The zero-order chi connectivity index (χ0) is 42.2. The van der Waals surface area contributed by atoms with Crippen LogP contribution in [0.1, 0.15) is 77.6 Å². The van der Waals surface area contributed by atoms with E-state index in [4.69, 9.17) is 23.9 Å². The standard InChI is InChI=1S/C43H51F2N7O7/c1-23(2)35(50-41(54)57-7)39(53)51-16-8-9-32(51)37-46-20-31(48-37)27-11-13-28(34(19-27)58-40(44)45)25-10-14-29-26(18-25)12-15-30-36(29)49-38(47-30)33-17-24(22-56-6)21-52(33)42(55)59-43(3,4)5/h10-15,18-20,23-24,32-33,35,40H,8-9,16-17,21-22H2,1-7H3,(H,46,48)(H,47,49)(H,50,54)/t24?,32-,33?,35-/m0/s1. The largest absolute Gasteiger partial charge is 0.453 e. The van der Waals surface area contributed by atoms with Crippen LogP contribution >= 0.6 is 0 Å². The van der Waals surface area contributed by atoms with Gasteiger partial charge < -0.3 is 39.1 Å². The van der Waals surface area contributed by atoms with E-state index in [0.29, 0.717) is 66.6 Å². The number of hydrogen-bond donors (Lipinski definition) is 3. The van der Waals surface area contributed by atoms with Gasteiger partial charge in [-0.2, -0.15) is 8.78 Å². The van der Waals surface area contributed by atoms with Crippen LogP contribution in [0.2, 0.25) is 0 Å². The van der Waals surface area contributed by atoms with E-state index in [1.165, 1.54) is 7.11 Å². The Labute approximate surface area is 340 Å². The minimum atomic E-state index is -3.07. The van der Waals surface area contributed by atoms with Crippen molar-refractivity contribution in [3.63, 3.8) is 0 Å². The molecule has 2 fully saturated rings. The highest BCUT2D eigenvalue weighted by atomic mass is 19.3. The van der Waals surface area contributed by atoms with Crippen LogP contribution in [0.15, 0.2) is 54.7 Å². The van der Waals surface area contributed by atoms with Gasteiger partial charge in [0.15, 0.2) is 0 Å². The Kier molecular flexibility index (Phi) is 11.8. The molecule has 59 heavy (non-hydrogen) atoms. The summed E-state index contributed by atoms with van der Waals surface area (Å²) >= 11 is 0. The minimum Gasteiger partial charge on any atom is -0.453 e. The van der Waals surface area contributed by atoms with Crippen LogP contribution in [0.25, 0.3) is 44.2 Å². The van der Waals surface area contributed by atoms with Crippen molar-refractivity contribution in [2.45, 2.75) is 84.2 Å². The van der Waals surface area contributed by atoms with Crippen molar-refractivity contribution in [1.82, 2.24) is 35.1 Å². The molecule has 3 aromatic carbocycles. The van der Waals surface area contributed by atoms with E-state index in [0.717, 1.165) is 28.2 Å². The predicted molar refractivity (Wildman–Crippen MR) is 217 cm³/mol. The lowest BCUT2D eigenvalue weighted by atomic mass is 9.98. The molecule has 0 spiro atoms. The maximum absolute atomic E-state index is 13.9. The summed E-state index contributed by atoms with van der Waals surface area (Å²) in [7, 11) is 2.90. The molecule has 7 rings (SSSR count). The molecule has 2 saturated heterocycles. The summed E-state index contributed by atoms with van der Waals surface area (Å²) in [6.07, 6.45) is 2.59. The van der Waals surface area contributed by atoms with Crippen LogP contribution in [-0.4, -0.2) is 100.0 Å². The number of fused-ring (bicyclic) bond motifs is 3. The summed E-state index contributed by atoms with van der Waals surface area (Å²) < 4.78 is 48.9. The molecule has 314 valence electrons. The fraction of sp³-hybridized carbons (Fsp3) is 0.465. The Morgan fingerprint density at radius 1 is 0.966 bits per heavy atom. The van der Waals surface area contributed by atoms with E-state index in [9.17, 15) is 23.2 Å². The van der Waals surface area contributed by atoms with Crippen LogP contribution in [0.3, 0.4) is 0 Å². The molecule has 0 saturated carbocycles. The van der Waals surface area contributed by atoms with Crippen molar-refractivity contribution in [1.29, 1.82) is 0 Å². The first-order chi connectivity index (χ1) is 28.1. The number of hydrogen-bond acceptors (Lipinski definition) is 9. The second-order valence-electron chi connectivity index (χ2n) is 16.5. The van der Waals surface area contributed by atoms with Gasteiger partial charge in [-0.3, -0.25) is 9.69 Å². The maximum atomic E-state index is 13.9. The zero-order valence-corrected chi connectivity index (χ0v) is 34.3. The Hall–Kier alpha value is -5.77. The second-order valence-corrected chi connectivity index (χ2v) is 16.5. The smallest absolute Gasteiger partial charge is 0.410 e. The number of likely N-dealkylation sites (tertiary alicyclic amines) is 2. The highest BCUT2D eigenvalue weighted by Crippen LogP contribution is 2.40. The van der Waals surface area contributed by atoms with Gasteiger partial charge in [0.2, 0.25) is 5.91 Å². The third kappa shape index (κ3) is 8.82. The average molecular weight is 816 g/mol. The highest BCUT2D eigenvalue weighted by molar-refractivity contribution is 6.05. The molecule has 3 amide bonds. The van der Waals surface area contributed by atoms with Crippen LogP contribution in [0.5, 0.6) is 5.75 Å². The van der Waals surface area contributed by atoms with Gasteiger partial charge in [0.25, 0.3) is 0 Å². The number of methoxy groups -OCH3 is 2. The van der Waals surface area contributed by atoms with Gasteiger partial charge in [-0.15, -0.1) is 0 Å². The lowest BCUT2D eigenvalue weighted by Crippen LogP contribution is -2.51. The SMILES string of the molecule is COCC1CC(c2nc3ccc4cc(-c5ccc(-c6cnc([C@@H]7CCCN7C(=O)[C@@H](NC(=O)OC)C(C)C)[nH]6)cc5OC(F)F)ccc4c3[nH]2)N(C(=O)OC(C)(C)C)C1. The highest BCUT2D eigenvalue weighted by Gasteiger charge is 2.40. The average Bonchev–Trinajstić information content (AvgIpc) is 4.01. The quantitative estimate of drug-likeness (QED) is 0.119. The molecular weight excluding hydrogens is 765 g/mol. The van der Waals surface area contributed by atoms with E-state index in [-0.39, 0.29) is 35.6 Å². The van der Waals surface area contributed by atoms with Gasteiger partial charge >= 0.3 is 18.8 Å². The molecule has 4 heterocycles. The number of alkyl halides is 2. The molecule has 5 aromatic rings. The molecule has 0 radical (unpaired) electrons. The second kappa shape index (κ2) is 16.8. The first kappa shape index (κ1) is 41.4. The van der Waals surface area contributed by atoms with Gasteiger partial charge in [0.1, 0.15) is 29.0 Å². The Morgan fingerprint density at radius 2 is 1.75 bits per heavy atom. The molecule has 0 aliphatic carbocycles. The number of carbonyl (C=O) groups excluding carboxylic acids is 3. The number of aromatic amines is 2. The number of H-pyrrole nitrogens is 2. The number of alkyl carbamates (subject to hydrolysis) is 1. The van der Waals surface area contributed by atoms with E-state index >= 15 is 0 Å². The molecule has 2 aliphatic rings. The molecule has 2 aliphatic heterocycles. The lowest BCUT2D eigenvalue weighted by molar-refractivity contribution is -0.135. The molecule has 2 unspecified atom stereocenters. The number of benzene rings is 3. The molecule has 0 bridgehead atoms.